The van der Waals surface area contributed by atoms with Gasteiger partial charge in [-0.25, -0.2) is 0 Å². The third-order valence-electron chi connectivity index (χ3n) is 4.68. The zero-order valence-electron chi connectivity index (χ0n) is 15.0. The standard InChI is InChI=1S/C24H16N2O2/c25-15-20-5-3-4-18(14-20)11-8-17-9-12-19(13-10-17)16-26-23(27)21-6-1-2-7-22(21)24(26)28/h1-14H,16H2/b11-8+. The van der Waals surface area contributed by atoms with Gasteiger partial charge in [0.25, 0.3) is 11.8 Å². The number of amides is 2. The first-order valence-corrected chi connectivity index (χ1v) is 8.88. The van der Waals surface area contributed by atoms with E-state index in [1.54, 1.807) is 30.3 Å². The second-order valence-electron chi connectivity index (χ2n) is 6.55. The third kappa shape index (κ3) is 3.34. The van der Waals surface area contributed by atoms with Gasteiger partial charge in [0.2, 0.25) is 0 Å². The maximum Gasteiger partial charge on any atom is 0.261 e. The Labute approximate surface area is 163 Å². The highest BCUT2D eigenvalue weighted by atomic mass is 16.2. The smallest absolute Gasteiger partial charge is 0.261 e. The van der Waals surface area contributed by atoms with Crippen molar-refractivity contribution < 1.29 is 9.59 Å². The van der Waals surface area contributed by atoms with Gasteiger partial charge in [-0.15, -0.1) is 0 Å². The van der Waals surface area contributed by atoms with Crippen LogP contribution in [0.5, 0.6) is 0 Å². The lowest BCUT2D eigenvalue weighted by Crippen LogP contribution is -2.29. The molecule has 0 saturated carbocycles. The van der Waals surface area contributed by atoms with Crippen molar-refractivity contribution in [3.05, 3.63) is 106 Å². The molecule has 0 spiro atoms. The summed E-state index contributed by atoms with van der Waals surface area (Å²) in [5, 5.41) is 8.96. The predicted octanol–water partition coefficient (Wildman–Crippen LogP) is 4.52. The van der Waals surface area contributed by atoms with E-state index in [0.717, 1.165) is 16.7 Å². The molecule has 134 valence electrons. The molecule has 0 saturated heterocycles. The SMILES string of the molecule is N#Cc1cccc(/C=C/c2ccc(CN3C(=O)c4ccccc4C3=O)cc2)c1. The highest BCUT2D eigenvalue weighted by Crippen LogP contribution is 2.24. The second-order valence-corrected chi connectivity index (χ2v) is 6.55. The molecule has 0 N–H and O–H groups in total. The minimum atomic E-state index is -0.248. The molecule has 0 aliphatic carbocycles. The summed E-state index contributed by atoms with van der Waals surface area (Å²) in [6, 6.07) is 24.1. The lowest BCUT2D eigenvalue weighted by Gasteiger charge is -2.13. The van der Waals surface area contributed by atoms with E-state index in [4.69, 9.17) is 5.26 Å². The van der Waals surface area contributed by atoms with Gasteiger partial charge in [0.05, 0.1) is 29.3 Å². The predicted molar refractivity (Wildman–Crippen MR) is 107 cm³/mol. The third-order valence-corrected chi connectivity index (χ3v) is 4.68. The lowest BCUT2D eigenvalue weighted by atomic mass is 10.1. The summed E-state index contributed by atoms with van der Waals surface area (Å²) in [5.74, 6) is -0.496. The molecule has 1 aliphatic heterocycles. The molecule has 28 heavy (non-hydrogen) atoms. The monoisotopic (exact) mass is 364 g/mol. The summed E-state index contributed by atoms with van der Waals surface area (Å²) in [6.45, 7) is 0.251. The van der Waals surface area contributed by atoms with Crippen LogP contribution in [0.1, 0.15) is 43.0 Å². The highest BCUT2D eigenvalue weighted by Gasteiger charge is 2.34. The van der Waals surface area contributed by atoms with Crippen LogP contribution in [0.2, 0.25) is 0 Å². The quantitative estimate of drug-likeness (QED) is 0.505. The summed E-state index contributed by atoms with van der Waals surface area (Å²) in [7, 11) is 0. The van der Waals surface area contributed by atoms with Gasteiger partial charge in [0, 0.05) is 0 Å². The molecule has 1 aliphatic rings. The molecule has 1 heterocycles. The first kappa shape index (κ1) is 17.4. The molecule has 0 atom stereocenters. The van der Waals surface area contributed by atoms with Crippen LogP contribution in [0.15, 0.2) is 72.8 Å². The topological polar surface area (TPSA) is 61.2 Å². The van der Waals surface area contributed by atoms with Crippen LogP contribution in [0.3, 0.4) is 0 Å². The summed E-state index contributed by atoms with van der Waals surface area (Å²) >= 11 is 0. The van der Waals surface area contributed by atoms with Crippen LogP contribution in [-0.4, -0.2) is 16.7 Å². The molecule has 3 aromatic rings. The number of imide groups is 1. The van der Waals surface area contributed by atoms with Crippen molar-refractivity contribution in [1.29, 1.82) is 5.26 Å². The summed E-state index contributed by atoms with van der Waals surface area (Å²) in [6.07, 6.45) is 3.91. The van der Waals surface area contributed by atoms with Crippen LogP contribution in [0, 0.1) is 11.3 Å². The van der Waals surface area contributed by atoms with Crippen molar-refractivity contribution in [2.24, 2.45) is 0 Å². The number of hydrogen-bond acceptors (Lipinski definition) is 3. The van der Waals surface area contributed by atoms with Crippen LogP contribution < -0.4 is 0 Å². The van der Waals surface area contributed by atoms with Gasteiger partial charge < -0.3 is 0 Å². The molecule has 4 heteroatoms. The van der Waals surface area contributed by atoms with Crippen LogP contribution in [0.4, 0.5) is 0 Å². The van der Waals surface area contributed by atoms with Gasteiger partial charge in [-0.1, -0.05) is 60.7 Å². The van der Waals surface area contributed by atoms with Crippen molar-refractivity contribution >= 4 is 24.0 Å². The second kappa shape index (κ2) is 7.34. The fourth-order valence-electron chi connectivity index (χ4n) is 3.20. The lowest BCUT2D eigenvalue weighted by molar-refractivity contribution is 0.0642. The minimum Gasteiger partial charge on any atom is -0.270 e. The molecule has 0 radical (unpaired) electrons. The van der Waals surface area contributed by atoms with Crippen LogP contribution in [-0.2, 0) is 6.54 Å². The fraction of sp³-hybridized carbons (Fsp3) is 0.0417. The van der Waals surface area contributed by atoms with Gasteiger partial charge in [0.1, 0.15) is 0 Å². The van der Waals surface area contributed by atoms with Gasteiger partial charge in [-0.2, -0.15) is 5.26 Å². The van der Waals surface area contributed by atoms with Crippen molar-refractivity contribution in [3.63, 3.8) is 0 Å². The molecule has 0 fully saturated rings. The van der Waals surface area contributed by atoms with E-state index in [-0.39, 0.29) is 18.4 Å². The van der Waals surface area contributed by atoms with Crippen LogP contribution in [0.25, 0.3) is 12.2 Å². The molecular formula is C24H16N2O2. The molecule has 0 unspecified atom stereocenters. The van der Waals surface area contributed by atoms with Crippen LogP contribution >= 0.6 is 0 Å². The minimum absolute atomic E-state index is 0.248. The number of carbonyl (C=O) groups is 2. The Morgan fingerprint density at radius 3 is 2.07 bits per heavy atom. The zero-order chi connectivity index (χ0) is 19.5. The van der Waals surface area contributed by atoms with Gasteiger partial charge in [-0.3, -0.25) is 14.5 Å². The average Bonchev–Trinajstić information content (AvgIpc) is 2.98. The van der Waals surface area contributed by atoms with Crippen molar-refractivity contribution in [2.75, 3.05) is 0 Å². The van der Waals surface area contributed by atoms with E-state index >= 15 is 0 Å². The normalized spacial score (nSPS) is 13.0. The van der Waals surface area contributed by atoms with E-state index in [2.05, 4.69) is 6.07 Å². The molecule has 3 aromatic carbocycles. The molecule has 4 nitrogen and oxygen atoms in total. The molecule has 2 amide bonds. The summed E-state index contributed by atoms with van der Waals surface area (Å²) < 4.78 is 0. The Morgan fingerprint density at radius 2 is 1.43 bits per heavy atom. The van der Waals surface area contributed by atoms with E-state index in [9.17, 15) is 9.59 Å². The number of carbonyl (C=O) groups excluding carboxylic acids is 2. The van der Waals surface area contributed by atoms with E-state index in [1.807, 2.05) is 54.6 Å². The highest BCUT2D eigenvalue weighted by molar-refractivity contribution is 6.21. The molecule has 0 bridgehead atoms. The summed E-state index contributed by atoms with van der Waals surface area (Å²) in [4.78, 5) is 26.2. The number of benzene rings is 3. The zero-order valence-corrected chi connectivity index (χ0v) is 15.0. The maximum absolute atomic E-state index is 12.5. The number of hydrogen-bond donors (Lipinski definition) is 0. The first-order valence-electron chi connectivity index (χ1n) is 8.88. The van der Waals surface area contributed by atoms with Crippen molar-refractivity contribution in [3.8, 4) is 6.07 Å². The Bertz CT molecular complexity index is 1100. The van der Waals surface area contributed by atoms with Gasteiger partial charge >= 0.3 is 0 Å². The molecular weight excluding hydrogens is 348 g/mol. The maximum atomic E-state index is 12.5. The van der Waals surface area contributed by atoms with Gasteiger partial charge in [0.15, 0.2) is 0 Å². The largest absolute Gasteiger partial charge is 0.270 e. The number of nitrogens with zero attached hydrogens (tertiary/aromatic N) is 2. The van der Waals surface area contributed by atoms with Crippen molar-refractivity contribution in [2.45, 2.75) is 6.54 Å². The number of nitriles is 1. The Kier molecular flexibility index (Phi) is 4.57. The Hall–Kier alpha value is -3.97. The van der Waals surface area contributed by atoms with E-state index < -0.39 is 0 Å². The fourth-order valence-corrected chi connectivity index (χ4v) is 3.20. The van der Waals surface area contributed by atoms with Crippen molar-refractivity contribution in [1.82, 2.24) is 4.90 Å². The Morgan fingerprint density at radius 1 is 0.786 bits per heavy atom. The first-order chi connectivity index (χ1) is 13.7. The van der Waals surface area contributed by atoms with E-state index in [1.165, 1.54) is 4.90 Å². The van der Waals surface area contributed by atoms with E-state index in [0.29, 0.717) is 16.7 Å². The average molecular weight is 364 g/mol. The number of rotatable bonds is 4. The Balaban J connectivity index is 1.47. The van der Waals surface area contributed by atoms with Gasteiger partial charge in [-0.05, 0) is 41.0 Å². The number of fused-ring (bicyclic) bond motifs is 1. The molecule has 4 rings (SSSR count). The summed E-state index contributed by atoms with van der Waals surface area (Å²) in [5.41, 5.74) is 4.39. The molecule has 0 aromatic heterocycles.